The van der Waals surface area contributed by atoms with Crippen molar-refractivity contribution < 1.29 is 4.79 Å². The summed E-state index contributed by atoms with van der Waals surface area (Å²) in [6, 6.07) is 4.64. The van der Waals surface area contributed by atoms with Gasteiger partial charge < -0.3 is 10.2 Å². The molecule has 1 fully saturated rings. The Bertz CT molecular complexity index is 403. The summed E-state index contributed by atoms with van der Waals surface area (Å²) in [5.74, 6) is 0.250. The molecular formula is C15H23N3O. The molecule has 1 aliphatic carbocycles. The lowest BCUT2D eigenvalue weighted by Gasteiger charge is -2.24. The van der Waals surface area contributed by atoms with E-state index in [-0.39, 0.29) is 11.9 Å². The highest BCUT2D eigenvalue weighted by Crippen LogP contribution is 2.29. The molecule has 104 valence electrons. The Labute approximate surface area is 115 Å². The number of hydrogen-bond acceptors (Lipinski definition) is 3. The Morgan fingerprint density at radius 1 is 1.58 bits per heavy atom. The molecule has 1 unspecified atom stereocenters. The molecular weight excluding hydrogens is 238 g/mol. The maximum atomic E-state index is 12.4. The van der Waals surface area contributed by atoms with Crippen LogP contribution in [0.15, 0.2) is 24.5 Å². The molecule has 0 saturated heterocycles. The van der Waals surface area contributed by atoms with Crippen molar-refractivity contribution in [3.63, 3.8) is 0 Å². The number of hydrogen-bond donors (Lipinski definition) is 1. The van der Waals surface area contributed by atoms with E-state index in [2.05, 4.69) is 24.1 Å². The van der Waals surface area contributed by atoms with Crippen LogP contribution in [-0.2, 0) is 11.3 Å². The van der Waals surface area contributed by atoms with Crippen molar-refractivity contribution in [1.29, 1.82) is 0 Å². The summed E-state index contributed by atoms with van der Waals surface area (Å²) in [4.78, 5) is 18.5. The van der Waals surface area contributed by atoms with Crippen molar-refractivity contribution >= 4 is 5.91 Å². The summed E-state index contributed by atoms with van der Waals surface area (Å²) in [6.07, 6.45) is 6.46. The van der Waals surface area contributed by atoms with Crippen molar-refractivity contribution in [2.24, 2.45) is 0 Å². The van der Waals surface area contributed by atoms with Crippen molar-refractivity contribution in [2.75, 3.05) is 6.54 Å². The molecule has 4 heteroatoms. The van der Waals surface area contributed by atoms with Crippen LogP contribution in [0.3, 0.4) is 0 Å². The lowest BCUT2D eigenvalue weighted by Crippen LogP contribution is -2.37. The van der Waals surface area contributed by atoms with Crippen molar-refractivity contribution in [1.82, 2.24) is 15.2 Å². The Balaban J connectivity index is 1.94. The standard InChI is InChI=1S/C15H23N3O/c1-3-17-12(2)9-15(19)18(14-6-7-14)11-13-5-4-8-16-10-13/h4-5,8,10,12,14,17H,3,6-7,9,11H2,1-2H3. The van der Waals surface area contributed by atoms with Gasteiger partial charge in [-0.2, -0.15) is 0 Å². The number of carbonyl (C=O) groups excluding carboxylic acids is 1. The van der Waals surface area contributed by atoms with E-state index in [9.17, 15) is 4.79 Å². The Morgan fingerprint density at radius 3 is 2.95 bits per heavy atom. The van der Waals surface area contributed by atoms with Crippen LogP contribution in [0.4, 0.5) is 0 Å². The highest BCUT2D eigenvalue weighted by atomic mass is 16.2. The van der Waals surface area contributed by atoms with Gasteiger partial charge in [-0.3, -0.25) is 9.78 Å². The van der Waals surface area contributed by atoms with Crippen LogP contribution >= 0.6 is 0 Å². The third-order valence-corrected chi connectivity index (χ3v) is 3.42. The molecule has 1 aromatic heterocycles. The van der Waals surface area contributed by atoms with Gasteiger partial charge in [-0.05, 0) is 37.9 Å². The average Bonchev–Trinajstić information content (AvgIpc) is 3.21. The lowest BCUT2D eigenvalue weighted by molar-refractivity contribution is -0.132. The van der Waals surface area contributed by atoms with E-state index in [4.69, 9.17) is 0 Å². The van der Waals surface area contributed by atoms with Gasteiger partial charge in [-0.15, -0.1) is 0 Å². The van der Waals surface area contributed by atoms with Crippen molar-refractivity contribution in [3.8, 4) is 0 Å². The van der Waals surface area contributed by atoms with Crippen LogP contribution in [0.25, 0.3) is 0 Å². The maximum Gasteiger partial charge on any atom is 0.224 e. The fraction of sp³-hybridized carbons (Fsp3) is 0.600. The van der Waals surface area contributed by atoms with Gasteiger partial charge in [0.2, 0.25) is 5.91 Å². The van der Waals surface area contributed by atoms with E-state index in [1.165, 1.54) is 0 Å². The van der Waals surface area contributed by atoms with E-state index < -0.39 is 0 Å². The molecule has 1 saturated carbocycles. The second kappa shape index (κ2) is 6.66. The summed E-state index contributed by atoms with van der Waals surface area (Å²) >= 11 is 0. The molecule has 1 aromatic rings. The Morgan fingerprint density at radius 2 is 2.37 bits per heavy atom. The fourth-order valence-corrected chi connectivity index (χ4v) is 2.30. The monoisotopic (exact) mass is 261 g/mol. The van der Waals surface area contributed by atoms with Crippen LogP contribution in [0.2, 0.25) is 0 Å². The van der Waals surface area contributed by atoms with E-state index in [0.29, 0.717) is 19.0 Å². The van der Waals surface area contributed by atoms with Crippen LogP contribution in [-0.4, -0.2) is 34.4 Å². The smallest absolute Gasteiger partial charge is 0.224 e. The minimum Gasteiger partial charge on any atom is -0.335 e. The zero-order valence-corrected chi connectivity index (χ0v) is 11.8. The van der Waals surface area contributed by atoms with Crippen LogP contribution in [0.5, 0.6) is 0 Å². The van der Waals surface area contributed by atoms with Gasteiger partial charge in [0.1, 0.15) is 0 Å². The first-order chi connectivity index (χ1) is 9.20. The summed E-state index contributed by atoms with van der Waals surface area (Å²) < 4.78 is 0. The van der Waals surface area contributed by atoms with Crippen molar-refractivity contribution in [2.45, 2.75) is 51.7 Å². The largest absolute Gasteiger partial charge is 0.335 e. The topological polar surface area (TPSA) is 45.2 Å². The first-order valence-corrected chi connectivity index (χ1v) is 7.12. The molecule has 0 radical (unpaired) electrons. The Hall–Kier alpha value is -1.42. The predicted molar refractivity (Wildman–Crippen MR) is 75.6 cm³/mol. The molecule has 19 heavy (non-hydrogen) atoms. The normalized spacial score (nSPS) is 16.1. The number of aromatic nitrogens is 1. The van der Waals surface area contributed by atoms with E-state index in [1.54, 1.807) is 6.20 Å². The average molecular weight is 261 g/mol. The number of amides is 1. The quantitative estimate of drug-likeness (QED) is 0.816. The van der Waals surface area contributed by atoms with Gasteiger partial charge in [0.25, 0.3) is 0 Å². The molecule has 4 nitrogen and oxygen atoms in total. The van der Waals surface area contributed by atoms with E-state index >= 15 is 0 Å². The molecule has 2 rings (SSSR count). The molecule has 1 amide bonds. The molecule has 0 bridgehead atoms. The maximum absolute atomic E-state index is 12.4. The molecule has 0 spiro atoms. The number of pyridine rings is 1. The van der Waals surface area contributed by atoms with Gasteiger partial charge in [0.05, 0.1) is 0 Å². The SMILES string of the molecule is CCNC(C)CC(=O)N(Cc1cccnc1)C1CC1. The number of carbonyl (C=O) groups is 1. The third-order valence-electron chi connectivity index (χ3n) is 3.42. The summed E-state index contributed by atoms with van der Waals surface area (Å²) in [5, 5.41) is 3.29. The second-order valence-corrected chi connectivity index (χ2v) is 5.28. The first-order valence-electron chi connectivity index (χ1n) is 7.12. The van der Waals surface area contributed by atoms with Crippen LogP contribution in [0, 0.1) is 0 Å². The summed E-state index contributed by atoms with van der Waals surface area (Å²) in [5.41, 5.74) is 1.11. The van der Waals surface area contributed by atoms with E-state index in [0.717, 1.165) is 24.9 Å². The fourth-order valence-electron chi connectivity index (χ4n) is 2.30. The second-order valence-electron chi connectivity index (χ2n) is 5.28. The molecule has 1 atom stereocenters. The number of nitrogens with zero attached hydrogens (tertiary/aromatic N) is 2. The number of rotatable bonds is 7. The minimum atomic E-state index is 0.243. The molecule has 1 N–H and O–H groups in total. The first kappa shape index (κ1) is 14.0. The lowest BCUT2D eigenvalue weighted by atomic mass is 10.2. The zero-order chi connectivity index (χ0) is 13.7. The molecule has 0 aromatic carbocycles. The van der Waals surface area contributed by atoms with Crippen LogP contribution in [0.1, 0.15) is 38.7 Å². The zero-order valence-electron chi connectivity index (χ0n) is 11.8. The number of nitrogens with one attached hydrogen (secondary N) is 1. The van der Waals surface area contributed by atoms with Gasteiger partial charge in [-0.25, -0.2) is 0 Å². The molecule has 1 heterocycles. The summed E-state index contributed by atoms with van der Waals surface area (Å²) in [6.45, 7) is 5.72. The predicted octanol–water partition coefficient (Wildman–Crippen LogP) is 1.96. The highest BCUT2D eigenvalue weighted by Gasteiger charge is 2.32. The summed E-state index contributed by atoms with van der Waals surface area (Å²) in [7, 11) is 0. The molecule has 0 aliphatic heterocycles. The van der Waals surface area contributed by atoms with Gasteiger partial charge >= 0.3 is 0 Å². The van der Waals surface area contributed by atoms with Gasteiger partial charge in [0.15, 0.2) is 0 Å². The molecule has 1 aliphatic rings. The third kappa shape index (κ3) is 4.31. The highest BCUT2D eigenvalue weighted by molar-refractivity contribution is 5.77. The van der Waals surface area contributed by atoms with Gasteiger partial charge in [0, 0.05) is 37.4 Å². The van der Waals surface area contributed by atoms with E-state index in [1.807, 2.05) is 23.2 Å². The minimum absolute atomic E-state index is 0.243. The van der Waals surface area contributed by atoms with Crippen LogP contribution < -0.4 is 5.32 Å². The van der Waals surface area contributed by atoms with Crippen molar-refractivity contribution in [3.05, 3.63) is 30.1 Å². The van der Waals surface area contributed by atoms with Gasteiger partial charge in [-0.1, -0.05) is 13.0 Å². The Kier molecular flexibility index (Phi) is 4.91.